The second-order valence-corrected chi connectivity index (χ2v) is 19.2. The van der Waals surface area contributed by atoms with Crippen molar-refractivity contribution in [1.82, 2.24) is 48.5 Å². The minimum absolute atomic E-state index is 0. The van der Waals surface area contributed by atoms with Gasteiger partial charge in [-0.25, -0.2) is 38.7 Å². The zero-order chi connectivity index (χ0) is 51.9. The van der Waals surface area contributed by atoms with E-state index >= 15 is 0 Å². The molecule has 2 saturated heterocycles. The van der Waals surface area contributed by atoms with E-state index in [9.17, 15) is 18.8 Å². The Bertz CT molecular complexity index is 3550. The van der Waals surface area contributed by atoms with Gasteiger partial charge in [0.2, 0.25) is 11.9 Å². The van der Waals surface area contributed by atoms with Crippen LogP contribution in [0.3, 0.4) is 0 Å². The second-order valence-electron chi connectivity index (χ2n) is 19.2. The first kappa shape index (κ1) is 51.3. The molecule has 1 amide bonds. The SMILES string of the molecule is Cc1nc(N2CCN(C)CC2)ccc1-c1cnc(NCc2c(F)ccc3c2CCO3)n2cc(C#N)nc12.Cc1nc(N2CCN(C)CC2)ccc1-c1cnc(NCc2c(F)ccc3c2CCO3)n2cc(C(N)=O)nc12.Cl. The molecule has 76 heavy (non-hydrogen) atoms. The Hall–Kier alpha value is -8.19. The number of halogens is 3. The maximum Gasteiger partial charge on any atom is 0.268 e. The number of nitrogens with zero attached hydrogens (tertiary/aromatic N) is 13. The molecule has 392 valence electrons. The molecule has 0 aliphatic carbocycles. The summed E-state index contributed by atoms with van der Waals surface area (Å²) in [6.07, 6.45) is 7.95. The lowest BCUT2D eigenvalue weighted by Gasteiger charge is -2.33. The van der Waals surface area contributed by atoms with Crippen molar-refractivity contribution in [2.75, 3.05) is 100 Å². The van der Waals surface area contributed by atoms with Crippen molar-refractivity contribution in [3.63, 3.8) is 0 Å². The summed E-state index contributed by atoms with van der Waals surface area (Å²) < 4.78 is 43.9. The lowest BCUT2D eigenvalue weighted by Crippen LogP contribution is -2.44. The third-order valence-corrected chi connectivity index (χ3v) is 14.5. The van der Waals surface area contributed by atoms with Crippen LogP contribution < -0.4 is 35.6 Å². The van der Waals surface area contributed by atoms with Crippen molar-refractivity contribution < 1.29 is 23.0 Å². The quantitative estimate of drug-likeness (QED) is 0.127. The number of imidazole rings is 2. The number of hydrogen-bond donors (Lipinski definition) is 3. The number of ether oxygens (including phenoxy) is 2. The van der Waals surface area contributed by atoms with E-state index in [1.54, 1.807) is 45.7 Å². The summed E-state index contributed by atoms with van der Waals surface area (Å²) in [6.45, 7) is 13.2. The van der Waals surface area contributed by atoms with E-state index in [1.807, 2.05) is 38.1 Å². The van der Waals surface area contributed by atoms with Crippen molar-refractivity contribution in [2.24, 2.45) is 5.73 Å². The first-order valence-corrected chi connectivity index (χ1v) is 25.0. The van der Waals surface area contributed by atoms with Gasteiger partial charge in [0.25, 0.3) is 5.91 Å². The van der Waals surface area contributed by atoms with E-state index in [0.29, 0.717) is 66.1 Å². The third kappa shape index (κ3) is 10.1. The highest BCUT2D eigenvalue weighted by Gasteiger charge is 2.25. The number of benzene rings is 2. The molecule has 0 atom stereocenters. The first-order valence-electron chi connectivity index (χ1n) is 25.0. The molecule has 0 spiro atoms. The number of pyridine rings is 2. The number of carbonyl (C=O) groups is 1. The van der Waals surface area contributed by atoms with Crippen molar-refractivity contribution >= 4 is 53.1 Å². The molecule has 2 aromatic carbocycles. The van der Waals surface area contributed by atoms with Gasteiger partial charge in [0.05, 0.1) is 19.4 Å². The van der Waals surface area contributed by atoms with Gasteiger partial charge in [0.15, 0.2) is 11.3 Å². The zero-order valence-corrected chi connectivity index (χ0v) is 43.4. The maximum atomic E-state index is 14.7. The van der Waals surface area contributed by atoms with Gasteiger partial charge in [-0.1, -0.05) is 0 Å². The number of primary amides is 1. The number of hydrogen-bond acceptors (Lipinski definition) is 16. The zero-order valence-electron chi connectivity index (χ0n) is 42.6. The largest absolute Gasteiger partial charge is 0.493 e. The standard InChI is InChI=1S/C27H29FN8O2.C27H27FN8O.ClH/c1-16-17(3-6-24(32-16)35-10-8-34(2)9-11-35)20-14-31-27(36-15-22(25(29)37)33-26(20)36)30-13-19-18-7-12-38-23(18)5-4-21(19)28;1-17-19(3-6-25(32-17)35-10-8-34(2)9-11-35)22-15-31-27(36-16-18(13-29)33-26(22)36)30-14-21-20-7-12-37-24(20)5-4-23(21)28;/h3-6,14-15H,7-13H2,1-2H3,(H2,29,37)(H,30,31);3-6,15-16H,7-12,14H2,1-2H3,(H,30,31);1H. The maximum absolute atomic E-state index is 14.7. The van der Waals surface area contributed by atoms with Crippen LogP contribution in [0.25, 0.3) is 33.5 Å². The number of carbonyl (C=O) groups excluding carboxylic acids is 1. The molecule has 10 heterocycles. The highest BCUT2D eigenvalue weighted by Crippen LogP contribution is 2.35. The van der Waals surface area contributed by atoms with Crippen LogP contribution >= 0.6 is 12.4 Å². The Morgan fingerprint density at radius 3 is 1.55 bits per heavy atom. The summed E-state index contributed by atoms with van der Waals surface area (Å²) in [5, 5.41) is 16.0. The average molecular weight is 1050 g/mol. The van der Waals surface area contributed by atoms with Crippen molar-refractivity contribution in [3.05, 3.63) is 130 Å². The number of nitrogens with two attached hydrogens (primary N) is 1. The van der Waals surface area contributed by atoms with E-state index in [-0.39, 0.29) is 48.5 Å². The fourth-order valence-corrected chi connectivity index (χ4v) is 10.2. The highest BCUT2D eigenvalue weighted by atomic mass is 35.5. The summed E-state index contributed by atoms with van der Waals surface area (Å²) in [5.74, 6) is 2.98. The number of nitrogens with one attached hydrogen (secondary N) is 2. The fraction of sp³-hybridized carbons (Fsp3) is 0.333. The monoisotopic (exact) mass is 1050 g/mol. The summed E-state index contributed by atoms with van der Waals surface area (Å²) in [4.78, 5) is 49.3. The predicted octanol–water partition coefficient (Wildman–Crippen LogP) is 6.47. The minimum atomic E-state index is -0.644. The Kier molecular flexibility index (Phi) is 14.6. The van der Waals surface area contributed by atoms with E-state index in [2.05, 4.69) is 70.3 Å². The summed E-state index contributed by atoms with van der Waals surface area (Å²) in [6, 6.07) is 16.4. The molecular weight excluding hydrogens is 994 g/mol. The number of anilines is 4. The number of likely N-dealkylation sites (N-methyl/N-ethyl adjacent to an activating group) is 2. The smallest absolute Gasteiger partial charge is 0.268 e. The summed E-state index contributed by atoms with van der Waals surface area (Å²) >= 11 is 0. The fourth-order valence-electron chi connectivity index (χ4n) is 10.2. The molecule has 4 aliphatic rings. The molecule has 2 fully saturated rings. The number of aryl methyl sites for hydroxylation is 2. The van der Waals surface area contributed by atoms with Crippen molar-refractivity contribution in [1.29, 1.82) is 5.26 Å². The topological polar surface area (TPSA) is 209 Å². The highest BCUT2D eigenvalue weighted by molar-refractivity contribution is 5.93. The third-order valence-electron chi connectivity index (χ3n) is 14.5. The number of piperazine rings is 2. The molecule has 0 unspecified atom stereocenters. The van der Waals surface area contributed by atoms with E-state index < -0.39 is 5.91 Å². The normalized spacial score (nSPS) is 15.3. The van der Waals surface area contributed by atoms with Crippen molar-refractivity contribution in [3.8, 4) is 39.8 Å². The molecule has 0 saturated carbocycles. The lowest BCUT2D eigenvalue weighted by atomic mass is 10.0. The molecule has 4 N–H and O–H groups in total. The first-order chi connectivity index (χ1) is 36.4. The van der Waals surface area contributed by atoms with Crippen LogP contribution in [0.4, 0.5) is 32.3 Å². The molecule has 0 radical (unpaired) electrons. The van der Waals surface area contributed by atoms with Gasteiger partial charge in [-0.15, -0.1) is 12.4 Å². The predicted molar refractivity (Wildman–Crippen MR) is 288 cm³/mol. The molecule has 22 heteroatoms. The van der Waals surface area contributed by atoms with Crippen LogP contribution in [0.15, 0.2) is 73.3 Å². The second kappa shape index (κ2) is 21.6. The van der Waals surface area contributed by atoms with Crippen LogP contribution in [0.1, 0.15) is 49.8 Å². The molecule has 19 nitrogen and oxygen atoms in total. The molecule has 0 bridgehead atoms. The molecule has 4 aliphatic heterocycles. The van der Waals surface area contributed by atoms with Gasteiger partial charge in [-0.05, 0) is 76.5 Å². The van der Waals surface area contributed by atoms with E-state index in [4.69, 9.17) is 25.2 Å². The Morgan fingerprint density at radius 2 is 1.11 bits per heavy atom. The van der Waals surface area contributed by atoms with Crippen molar-refractivity contribution in [2.45, 2.75) is 39.8 Å². The van der Waals surface area contributed by atoms with Crippen LogP contribution in [0, 0.1) is 36.8 Å². The van der Waals surface area contributed by atoms with Gasteiger partial charge >= 0.3 is 0 Å². The molecule has 6 aromatic heterocycles. The van der Waals surface area contributed by atoms with Crippen LogP contribution in [-0.4, -0.2) is 134 Å². The molecule has 8 aromatic rings. The van der Waals surface area contributed by atoms with E-state index in [1.165, 1.54) is 12.1 Å². The molecule has 12 rings (SSSR count). The van der Waals surface area contributed by atoms with Crippen LogP contribution in [0.5, 0.6) is 11.5 Å². The number of nitriles is 1. The Labute approximate surface area is 443 Å². The van der Waals surface area contributed by atoms with Gasteiger partial charge in [-0.3, -0.25) is 13.6 Å². The van der Waals surface area contributed by atoms with Gasteiger partial charge in [0, 0.05) is 153 Å². The summed E-state index contributed by atoms with van der Waals surface area (Å²) in [5.41, 5.74) is 14.8. The molecular formula is C54H57ClF2N16O3. The number of rotatable bonds is 11. The van der Waals surface area contributed by atoms with Gasteiger partial charge < -0.3 is 45.4 Å². The van der Waals surface area contributed by atoms with Crippen LogP contribution in [0.2, 0.25) is 0 Å². The van der Waals surface area contributed by atoms with Gasteiger partial charge in [0.1, 0.15) is 52.2 Å². The lowest BCUT2D eigenvalue weighted by molar-refractivity contribution is 0.0996. The number of aromatic nitrogens is 8. The average Bonchev–Trinajstić information content (AvgIpc) is 4.26. The number of fused-ring (bicyclic) bond motifs is 4. The van der Waals surface area contributed by atoms with Gasteiger partial charge in [-0.2, -0.15) is 5.26 Å². The Balaban J connectivity index is 0.000000171. The minimum Gasteiger partial charge on any atom is -0.493 e. The van der Waals surface area contributed by atoms with Crippen LogP contribution in [-0.2, 0) is 25.9 Å². The van der Waals surface area contributed by atoms with E-state index in [0.717, 1.165) is 115 Å². The summed E-state index contributed by atoms with van der Waals surface area (Å²) in [7, 11) is 4.26. The Morgan fingerprint density at radius 1 is 0.645 bits per heavy atom. The number of amides is 1.